The van der Waals surface area contributed by atoms with Crippen LogP contribution in [0.1, 0.15) is 32.1 Å². The van der Waals surface area contributed by atoms with Gasteiger partial charge in [-0.05, 0) is 12.8 Å². The highest BCUT2D eigenvalue weighted by atomic mass is 32.1. The van der Waals surface area contributed by atoms with Crippen LogP contribution in [0.25, 0.3) is 0 Å². The van der Waals surface area contributed by atoms with Crippen molar-refractivity contribution in [2.45, 2.75) is 37.6 Å². The third kappa shape index (κ3) is 2.60. The van der Waals surface area contributed by atoms with E-state index in [9.17, 15) is 4.79 Å². The lowest BCUT2D eigenvalue weighted by Crippen LogP contribution is -2.54. The lowest BCUT2D eigenvalue weighted by molar-refractivity contribution is -0.149. The minimum atomic E-state index is -0.619. The zero-order valence-corrected chi connectivity index (χ0v) is 9.92. The highest BCUT2D eigenvalue weighted by Gasteiger charge is 2.40. The first-order valence-corrected chi connectivity index (χ1v) is 5.56. The largest absolute Gasteiger partial charge is 0.467 e. The molecule has 0 heterocycles. The van der Waals surface area contributed by atoms with E-state index in [0.29, 0.717) is 4.32 Å². The van der Waals surface area contributed by atoms with Crippen molar-refractivity contribution in [3.63, 3.8) is 0 Å². The molecule has 5 heteroatoms. The van der Waals surface area contributed by atoms with Crippen LogP contribution >= 0.6 is 24.8 Å². The molecule has 1 N–H and O–H groups in total. The van der Waals surface area contributed by atoms with E-state index < -0.39 is 5.54 Å². The molecule has 0 aromatic carbocycles. The number of rotatable bonds is 2. The lowest BCUT2D eigenvalue weighted by Gasteiger charge is -2.35. The van der Waals surface area contributed by atoms with E-state index in [1.54, 1.807) is 0 Å². The predicted octanol–water partition coefficient (Wildman–Crippen LogP) is 1.67. The Morgan fingerprint density at radius 3 is 2.43 bits per heavy atom. The van der Waals surface area contributed by atoms with Gasteiger partial charge < -0.3 is 10.1 Å². The fourth-order valence-electron chi connectivity index (χ4n) is 1.94. The van der Waals surface area contributed by atoms with Crippen LogP contribution in [-0.4, -0.2) is 22.9 Å². The normalized spacial score (nSPS) is 19.9. The van der Waals surface area contributed by atoms with Gasteiger partial charge in [-0.2, -0.15) is 0 Å². The molecule has 1 saturated carbocycles. The Balaban J connectivity index is 2.76. The summed E-state index contributed by atoms with van der Waals surface area (Å²) in [4.78, 5) is 11.6. The Labute approximate surface area is 95.0 Å². The zero-order chi connectivity index (χ0) is 10.6. The molecule has 14 heavy (non-hydrogen) atoms. The van der Waals surface area contributed by atoms with Gasteiger partial charge in [0.05, 0.1) is 7.11 Å². The number of carbonyl (C=O) groups is 1. The molecule has 0 unspecified atom stereocenters. The van der Waals surface area contributed by atoms with Crippen LogP contribution in [0.4, 0.5) is 0 Å². The number of nitrogens with one attached hydrogen (secondary N) is 1. The highest BCUT2D eigenvalue weighted by Crippen LogP contribution is 2.29. The van der Waals surface area contributed by atoms with Gasteiger partial charge >= 0.3 is 5.97 Å². The third-order valence-corrected chi connectivity index (χ3v) is 2.84. The molecular weight excluding hydrogens is 218 g/mol. The van der Waals surface area contributed by atoms with Crippen LogP contribution in [0.3, 0.4) is 0 Å². The van der Waals surface area contributed by atoms with Crippen LogP contribution in [0, 0.1) is 0 Å². The quantitative estimate of drug-likeness (QED) is 0.432. The van der Waals surface area contributed by atoms with Crippen molar-refractivity contribution in [3.05, 3.63) is 0 Å². The first kappa shape index (κ1) is 11.8. The second-order valence-corrected chi connectivity index (χ2v) is 4.72. The first-order chi connectivity index (χ1) is 6.60. The van der Waals surface area contributed by atoms with Crippen LogP contribution < -0.4 is 5.32 Å². The van der Waals surface area contributed by atoms with Crippen LogP contribution in [0.5, 0.6) is 0 Å². The Bertz CT molecular complexity index is 237. The molecular formula is C9H15NO2S2. The molecule has 0 saturated heterocycles. The maximum Gasteiger partial charge on any atom is 0.331 e. The molecule has 0 amide bonds. The van der Waals surface area contributed by atoms with E-state index in [1.807, 2.05) is 0 Å². The first-order valence-electron chi connectivity index (χ1n) is 4.70. The van der Waals surface area contributed by atoms with Crippen molar-refractivity contribution < 1.29 is 9.53 Å². The molecule has 0 atom stereocenters. The molecule has 0 aromatic heterocycles. The van der Waals surface area contributed by atoms with Crippen molar-refractivity contribution >= 4 is 35.1 Å². The SMILES string of the molecule is COC(=O)C1(NC(=S)S)CCCCC1. The molecule has 3 nitrogen and oxygen atoms in total. The Hall–Kier alpha value is -0.290. The Morgan fingerprint density at radius 2 is 2.00 bits per heavy atom. The molecule has 0 aliphatic heterocycles. The Morgan fingerprint density at radius 1 is 1.43 bits per heavy atom. The second-order valence-electron chi connectivity index (χ2n) is 3.56. The standard InChI is InChI=1S/C9H15NO2S2/c1-12-7(11)9(10-8(13)14)5-3-2-4-6-9/h2-6H2,1H3,(H2,10,13,14). The van der Waals surface area contributed by atoms with Gasteiger partial charge in [-0.25, -0.2) is 4.79 Å². The summed E-state index contributed by atoms with van der Waals surface area (Å²) in [6.07, 6.45) is 4.78. The average molecular weight is 233 g/mol. The molecule has 1 aliphatic carbocycles. The van der Waals surface area contributed by atoms with Gasteiger partial charge in [0.15, 0.2) is 0 Å². The van der Waals surface area contributed by atoms with Gasteiger partial charge in [-0.1, -0.05) is 31.5 Å². The van der Waals surface area contributed by atoms with Gasteiger partial charge in [-0.15, -0.1) is 12.6 Å². The molecule has 0 bridgehead atoms. The van der Waals surface area contributed by atoms with E-state index >= 15 is 0 Å². The molecule has 1 fully saturated rings. The molecule has 0 spiro atoms. The minimum Gasteiger partial charge on any atom is -0.467 e. The molecule has 80 valence electrons. The van der Waals surface area contributed by atoms with Gasteiger partial charge in [0.2, 0.25) is 0 Å². The number of ether oxygens (including phenoxy) is 1. The van der Waals surface area contributed by atoms with Gasteiger partial charge in [0, 0.05) is 0 Å². The molecule has 1 aliphatic rings. The van der Waals surface area contributed by atoms with Gasteiger partial charge in [0.25, 0.3) is 0 Å². The summed E-state index contributed by atoms with van der Waals surface area (Å²) in [6, 6.07) is 0. The number of thiol groups is 1. The summed E-state index contributed by atoms with van der Waals surface area (Å²) >= 11 is 8.87. The van der Waals surface area contributed by atoms with Crippen molar-refractivity contribution in [1.82, 2.24) is 5.32 Å². The van der Waals surface area contributed by atoms with Crippen LogP contribution in [0.2, 0.25) is 0 Å². The fraction of sp³-hybridized carbons (Fsp3) is 0.778. The number of carbonyl (C=O) groups excluding carboxylic acids is 1. The molecule has 0 radical (unpaired) electrons. The van der Waals surface area contributed by atoms with Crippen LogP contribution in [-0.2, 0) is 9.53 Å². The van der Waals surface area contributed by atoms with Gasteiger partial charge in [-0.3, -0.25) is 0 Å². The van der Waals surface area contributed by atoms with E-state index in [-0.39, 0.29) is 5.97 Å². The minimum absolute atomic E-state index is 0.228. The number of hydrogen-bond donors (Lipinski definition) is 2. The summed E-state index contributed by atoms with van der Waals surface area (Å²) in [5, 5.41) is 2.97. The predicted molar refractivity (Wildman–Crippen MR) is 62.6 cm³/mol. The van der Waals surface area contributed by atoms with Crippen molar-refractivity contribution in [1.29, 1.82) is 0 Å². The monoisotopic (exact) mass is 233 g/mol. The number of methoxy groups -OCH3 is 1. The summed E-state index contributed by atoms with van der Waals surface area (Å²) < 4.78 is 5.16. The van der Waals surface area contributed by atoms with Crippen molar-refractivity contribution in [2.75, 3.05) is 7.11 Å². The van der Waals surface area contributed by atoms with Crippen molar-refractivity contribution in [2.24, 2.45) is 0 Å². The summed E-state index contributed by atoms with van der Waals surface area (Å²) in [5.74, 6) is -0.228. The maximum atomic E-state index is 11.6. The average Bonchev–Trinajstić information content (AvgIpc) is 2.17. The summed E-state index contributed by atoms with van der Waals surface area (Å²) in [7, 11) is 1.40. The number of esters is 1. The number of hydrogen-bond acceptors (Lipinski definition) is 3. The zero-order valence-electron chi connectivity index (χ0n) is 8.21. The van der Waals surface area contributed by atoms with E-state index in [4.69, 9.17) is 17.0 Å². The van der Waals surface area contributed by atoms with Gasteiger partial charge in [0.1, 0.15) is 9.86 Å². The lowest BCUT2D eigenvalue weighted by atomic mass is 9.82. The topological polar surface area (TPSA) is 38.3 Å². The fourth-order valence-corrected chi connectivity index (χ4v) is 2.34. The van der Waals surface area contributed by atoms with E-state index in [0.717, 1.165) is 25.7 Å². The van der Waals surface area contributed by atoms with E-state index in [2.05, 4.69) is 17.9 Å². The molecule has 0 aromatic rings. The summed E-state index contributed by atoms with van der Waals surface area (Å²) in [6.45, 7) is 0. The van der Waals surface area contributed by atoms with Crippen LogP contribution in [0.15, 0.2) is 0 Å². The summed E-state index contributed by atoms with van der Waals surface area (Å²) in [5.41, 5.74) is -0.619. The van der Waals surface area contributed by atoms with E-state index in [1.165, 1.54) is 13.5 Å². The van der Waals surface area contributed by atoms with Crippen molar-refractivity contribution in [3.8, 4) is 0 Å². The maximum absolute atomic E-state index is 11.6. The third-order valence-electron chi connectivity index (χ3n) is 2.63. The highest BCUT2D eigenvalue weighted by molar-refractivity contribution is 8.11. The Kier molecular flexibility index (Phi) is 4.19. The number of thiocarbonyl (C=S) groups is 1. The smallest absolute Gasteiger partial charge is 0.331 e. The second kappa shape index (κ2) is 4.98. The molecule has 1 rings (SSSR count).